The molecule has 1 aromatic carbocycles. The van der Waals surface area contributed by atoms with E-state index in [1.807, 2.05) is 0 Å². The second-order valence-corrected chi connectivity index (χ2v) is 7.30. The SMILES string of the molecule is O=S([O-])Cc1ccc(S(=O)(=O)N2CCNC2C=S)cc1. The number of nitrogens with zero attached hydrogens (tertiary/aromatic N) is 1. The molecule has 0 spiro atoms. The van der Waals surface area contributed by atoms with Crippen LogP contribution in [-0.2, 0) is 26.9 Å². The molecule has 1 aliphatic rings. The Morgan fingerprint density at radius 2 is 2.10 bits per heavy atom. The van der Waals surface area contributed by atoms with Crippen LogP contribution in [0.15, 0.2) is 29.2 Å². The van der Waals surface area contributed by atoms with E-state index in [2.05, 4.69) is 5.32 Å². The van der Waals surface area contributed by atoms with E-state index in [0.717, 1.165) is 0 Å². The summed E-state index contributed by atoms with van der Waals surface area (Å²) in [6, 6.07) is 5.82. The molecule has 0 saturated carbocycles. The van der Waals surface area contributed by atoms with Gasteiger partial charge in [0.1, 0.15) is 6.17 Å². The lowest BCUT2D eigenvalue weighted by Crippen LogP contribution is -2.40. The molecule has 110 valence electrons. The summed E-state index contributed by atoms with van der Waals surface area (Å²) in [4.78, 5) is 0.128. The first kappa shape index (κ1) is 15.7. The first-order valence-corrected chi connectivity index (χ1v) is 8.96. The van der Waals surface area contributed by atoms with E-state index in [1.165, 1.54) is 33.9 Å². The van der Waals surface area contributed by atoms with Crippen LogP contribution in [0.3, 0.4) is 0 Å². The Hall–Kier alpha value is -0.710. The Morgan fingerprint density at radius 3 is 2.65 bits per heavy atom. The first-order valence-electron chi connectivity index (χ1n) is 5.80. The van der Waals surface area contributed by atoms with Crippen molar-refractivity contribution in [2.45, 2.75) is 16.8 Å². The zero-order valence-corrected chi connectivity index (χ0v) is 12.8. The number of sulfonamides is 1. The molecule has 9 heteroatoms. The molecular formula is C11H13N2O4S3-. The van der Waals surface area contributed by atoms with Gasteiger partial charge in [-0.3, -0.25) is 9.53 Å². The fourth-order valence-corrected chi connectivity index (χ4v) is 4.28. The number of hydrogen-bond acceptors (Lipinski definition) is 6. The van der Waals surface area contributed by atoms with Gasteiger partial charge in [-0.15, -0.1) is 0 Å². The smallest absolute Gasteiger partial charge is 0.244 e. The van der Waals surface area contributed by atoms with Gasteiger partial charge in [0.25, 0.3) is 0 Å². The van der Waals surface area contributed by atoms with Gasteiger partial charge in [-0.05, 0) is 17.7 Å². The minimum Gasteiger partial charge on any atom is -0.772 e. The lowest BCUT2D eigenvalue weighted by molar-refractivity contribution is 0.441. The van der Waals surface area contributed by atoms with Crippen LogP contribution >= 0.6 is 12.2 Å². The lowest BCUT2D eigenvalue weighted by atomic mass is 10.2. The zero-order chi connectivity index (χ0) is 14.8. The lowest BCUT2D eigenvalue weighted by Gasteiger charge is -2.20. The first-order chi connectivity index (χ1) is 9.45. The molecule has 20 heavy (non-hydrogen) atoms. The van der Waals surface area contributed by atoms with Crippen LogP contribution in [0.2, 0.25) is 0 Å². The van der Waals surface area contributed by atoms with Gasteiger partial charge in [0.2, 0.25) is 10.0 Å². The van der Waals surface area contributed by atoms with Crippen molar-refractivity contribution in [1.29, 1.82) is 0 Å². The van der Waals surface area contributed by atoms with Crippen molar-refractivity contribution >= 4 is 38.7 Å². The second kappa shape index (κ2) is 6.37. The number of benzene rings is 1. The third-order valence-electron chi connectivity index (χ3n) is 2.94. The molecule has 0 bridgehead atoms. The average molecular weight is 333 g/mol. The fraction of sp³-hybridized carbons (Fsp3) is 0.364. The van der Waals surface area contributed by atoms with Gasteiger partial charge in [0.15, 0.2) is 0 Å². The van der Waals surface area contributed by atoms with Crippen molar-refractivity contribution < 1.29 is 17.2 Å². The normalized spacial score (nSPS) is 21.8. The van der Waals surface area contributed by atoms with Crippen LogP contribution in [-0.4, -0.2) is 46.1 Å². The maximum atomic E-state index is 12.4. The highest BCUT2D eigenvalue weighted by atomic mass is 32.2. The summed E-state index contributed by atoms with van der Waals surface area (Å²) >= 11 is 2.62. The molecule has 1 aromatic rings. The van der Waals surface area contributed by atoms with E-state index in [4.69, 9.17) is 12.2 Å². The van der Waals surface area contributed by atoms with E-state index in [-0.39, 0.29) is 10.6 Å². The molecule has 1 aliphatic heterocycles. The summed E-state index contributed by atoms with van der Waals surface area (Å²) < 4.78 is 47.3. The highest BCUT2D eigenvalue weighted by Crippen LogP contribution is 2.20. The predicted octanol–water partition coefficient (Wildman–Crippen LogP) is -0.0146. The van der Waals surface area contributed by atoms with Crippen molar-refractivity contribution in [1.82, 2.24) is 9.62 Å². The van der Waals surface area contributed by atoms with Crippen LogP contribution in [0.1, 0.15) is 5.56 Å². The van der Waals surface area contributed by atoms with Gasteiger partial charge >= 0.3 is 0 Å². The zero-order valence-electron chi connectivity index (χ0n) is 10.4. The van der Waals surface area contributed by atoms with E-state index in [9.17, 15) is 17.2 Å². The maximum absolute atomic E-state index is 12.4. The number of nitrogens with one attached hydrogen (secondary N) is 1. The van der Waals surface area contributed by atoms with Gasteiger partial charge in [0, 0.05) is 24.2 Å². The van der Waals surface area contributed by atoms with Crippen LogP contribution in [0.25, 0.3) is 0 Å². The summed E-state index contributed by atoms with van der Waals surface area (Å²) in [5.41, 5.74) is 0.545. The van der Waals surface area contributed by atoms with Gasteiger partial charge < -0.3 is 4.55 Å². The highest BCUT2D eigenvalue weighted by Gasteiger charge is 2.33. The third-order valence-corrected chi connectivity index (χ3v) is 5.66. The summed E-state index contributed by atoms with van der Waals surface area (Å²) in [7, 11) is -3.63. The molecule has 1 N–H and O–H groups in total. The summed E-state index contributed by atoms with van der Waals surface area (Å²) in [6.45, 7) is 0.900. The van der Waals surface area contributed by atoms with E-state index < -0.39 is 27.3 Å². The van der Waals surface area contributed by atoms with Crippen molar-refractivity contribution in [2.75, 3.05) is 13.1 Å². The van der Waals surface area contributed by atoms with Gasteiger partial charge in [0.05, 0.1) is 4.90 Å². The van der Waals surface area contributed by atoms with Gasteiger partial charge in [-0.25, -0.2) is 8.42 Å². The predicted molar refractivity (Wildman–Crippen MR) is 78.4 cm³/mol. The highest BCUT2D eigenvalue weighted by molar-refractivity contribution is 7.89. The largest absolute Gasteiger partial charge is 0.772 e. The monoisotopic (exact) mass is 333 g/mol. The Bertz CT molecular complexity index is 615. The van der Waals surface area contributed by atoms with Crippen LogP contribution < -0.4 is 5.32 Å². The Balaban J connectivity index is 2.25. The molecule has 2 rings (SSSR count). The molecule has 2 unspecified atom stereocenters. The molecular weight excluding hydrogens is 320 g/mol. The molecule has 0 aliphatic carbocycles. The molecule has 0 radical (unpaired) electrons. The minimum absolute atomic E-state index is 0.128. The molecule has 0 aromatic heterocycles. The Kier molecular flexibility index (Phi) is 4.99. The molecule has 1 fully saturated rings. The van der Waals surface area contributed by atoms with Crippen LogP contribution in [0.5, 0.6) is 0 Å². The third kappa shape index (κ3) is 3.30. The minimum atomic E-state index is -3.63. The summed E-state index contributed by atoms with van der Waals surface area (Å²) in [6.07, 6.45) is -0.483. The number of thiocarbonyl (C=S) groups is 1. The Labute approximate surface area is 125 Å². The maximum Gasteiger partial charge on any atom is 0.244 e. The number of rotatable bonds is 5. The summed E-state index contributed by atoms with van der Waals surface area (Å²) in [5.74, 6) is -0.131. The molecule has 1 saturated heterocycles. The molecule has 0 amide bonds. The van der Waals surface area contributed by atoms with Crippen molar-refractivity contribution in [3.05, 3.63) is 29.8 Å². The van der Waals surface area contributed by atoms with Crippen molar-refractivity contribution in [3.8, 4) is 0 Å². The fourth-order valence-electron chi connectivity index (χ4n) is 1.98. The molecule has 6 nitrogen and oxygen atoms in total. The Morgan fingerprint density at radius 1 is 1.45 bits per heavy atom. The molecule has 1 heterocycles. The van der Waals surface area contributed by atoms with Gasteiger partial charge in [-0.2, -0.15) is 4.31 Å². The number of hydrogen-bond donors (Lipinski definition) is 1. The van der Waals surface area contributed by atoms with E-state index in [1.54, 1.807) is 0 Å². The van der Waals surface area contributed by atoms with Gasteiger partial charge in [-0.1, -0.05) is 35.4 Å². The standard InChI is InChI=1S/C11H14N2O4S3/c14-19(15)8-9-1-3-10(4-2-9)20(16,17)13-6-5-12-11(13)7-18/h1-4,7,11-12H,5-6,8H2,(H,14,15)/p-1. The second-order valence-electron chi connectivity index (χ2n) is 4.24. The quantitative estimate of drug-likeness (QED) is 0.602. The summed E-state index contributed by atoms with van der Waals surface area (Å²) in [5, 5.41) is 4.35. The van der Waals surface area contributed by atoms with E-state index >= 15 is 0 Å². The average Bonchev–Trinajstić information content (AvgIpc) is 2.87. The topological polar surface area (TPSA) is 89.5 Å². The van der Waals surface area contributed by atoms with Crippen LogP contribution in [0.4, 0.5) is 0 Å². The van der Waals surface area contributed by atoms with E-state index in [0.29, 0.717) is 18.7 Å². The molecule has 2 atom stereocenters. The van der Waals surface area contributed by atoms with Crippen molar-refractivity contribution in [3.63, 3.8) is 0 Å². The van der Waals surface area contributed by atoms with Crippen LogP contribution in [0, 0.1) is 0 Å². The van der Waals surface area contributed by atoms with Crippen molar-refractivity contribution in [2.24, 2.45) is 0 Å².